The first-order valence-electron chi connectivity index (χ1n) is 6.00. The molecule has 0 radical (unpaired) electrons. The first kappa shape index (κ1) is 14.8. The van der Waals surface area contributed by atoms with Crippen molar-refractivity contribution in [2.45, 2.75) is 13.3 Å². The summed E-state index contributed by atoms with van der Waals surface area (Å²) in [4.78, 5) is 8.62. The van der Waals surface area contributed by atoms with Crippen LogP contribution in [0, 0.1) is 5.82 Å². The van der Waals surface area contributed by atoms with Gasteiger partial charge in [-0.1, -0.05) is 30.1 Å². The van der Waals surface area contributed by atoms with Crippen molar-refractivity contribution in [1.29, 1.82) is 0 Å². The molecule has 1 heterocycles. The summed E-state index contributed by atoms with van der Waals surface area (Å²) < 4.78 is 13.4. The molecular formula is C13H13Cl2FN4. The standard InChI is InChI=1S/C13H13Cl2FN4/c1-3-10-19-11(17-2)6-12(20-10)18-7-4-8(14)13(16)9(15)5-7/h4-6H,3H2,1-2H3,(H2,17,18,19,20). The van der Waals surface area contributed by atoms with Crippen LogP contribution in [0.3, 0.4) is 0 Å². The van der Waals surface area contributed by atoms with Crippen molar-refractivity contribution in [3.8, 4) is 0 Å². The second kappa shape index (κ2) is 6.24. The van der Waals surface area contributed by atoms with E-state index in [0.717, 1.165) is 0 Å². The molecule has 0 atom stereocenters. The normalized spacial score (nSPS) is 10.4. The highest BCUT2D eigenvalue weighted by atomic mass is 35.5. The molecule has 0 amide bonds. The molecule has 0 bridgehead atoms. The molecule has 4 nitrogen and oxygen atoms in total. The second-order valence-corrected chi connectivity index (χ2v) is 4.85. The Balaban J connectivity index is 2.34. The van der Waals surface area contributed by atoms with Crippen LogP contribution in [0.5, 0.6) is 0 Å². The van der Waals surface area contributed by atoms with Crippen molar-refractivity contribution in [2.75, 3.05) is 17.7 Å². The molecule has 0 aliphatic heterocycles. The van der Waals surface area contributed by atoms with Crippen molar-refractivity contribution in [3.05, 3.63) is 39.9 Å². The van der Waals surface area contributed by atoms with Gasteiger partial charge in [-0.05, 0) is 12.1 Å². The molecule has 0 saturated heterocycles. The van der Waals surface area contributed by atoms with Crippen LogP contribution in [0.1, 0.15) is 12.7 Å². The lowest BCUT2D eigenvalue weighted by Crippen LogP contribution is -2.03. The molecule has 1 aromatic carbocycles. The van der Waals surface area contributed by atoms with Gasteiger partial charge < -0.3 is 10.6 Å². The molecule has 2 rings (SSSR count). The smallest absolute Gasteiger partial charge is 0.160 e. The number of rotatable bonds is 4. The van der Waals surface area contributed by atoms with E-state index in [0.29, 0.717) is 29.6 Å². The quantitative estimate of drug-likeness (QED) is 0.827. The number of nitrogens with zero attached hydrogens (tertiary/aromatic N) is 2. The Labute approximate surface area is 126 Å². The van der Waals surface area contributed by atoms with Crippen molar-refractivity contribution in [1.82, 2.24) is 9.97 Å². The molecule has 0 saturated carbocycles. The van der Waals surface area contributed by atoms with Gasteiger partial charge in [0, 0.05) is 25.2 Å². The highest BCUT2D eigenvalue weighted by Gasteiger charge is 2.09. The summed E-state index contributed by atoms with van der Waals surface area (Å²) in [5.41, 5.74) is 0.559. The van der Waals surface area contributed by atoms with E-state index in [4.69, 9.17) is 23.2 Å². The summed E-state index contributed by atoms with van der Waals surface area (Å²) in [6, 6.07) is 4.65. The van der Waals surface area contributed by atoms with E-state index < -0.39 is 5.82 Å². The number of aromatic nitrogens is 2. The van der Waals surface area contributed by atoms with Gasteiger partial charge in [0.15, 0.2) is 5.82 Å². The van der Waals surface area contributed by atoms with E-state index in [2.05, 4.69) is 20.6 Å². The number of anilines is 3. The Kier molecular flexibility index (Phi) is 4.62. The van der Waals surface area contributed by atoms with E-state index in [9.17, 15) is 4.39 Å². The first-order chi connectivity index (χ1) is 9.53. The van der Waals surface area contributed by atoms with Gasteiger partial charge in [0.1, 0.15) is 17.5 Å². The number of benzene rings is 1. The number of hydrogen-bond acceptors (Lipinski definition) is 4. The molecule has 106 valence electrons. The number of nitrogens with one attached hydrogen (secondary N) is 2. The van der Waals surface area contributed by atoms with Crippen molar-refractivity contribution < 1.29 is 4.39 Å². The van der Waals surface area contributed by atoms with Crippen molar-refractivity contribution >= 4 is 40.5 Å². The van der Waals surface area contributed by atoms with Crippen LogP contribution in [-0.4, -0.2) is 17.0 Å². The van der Waals surface area contributed by atoms with Crippen LogP contribution < -0.4 is 10.6 Å². The Morgan fingerprint density at radius 3 is 2.25 bits per heavy atom. The average Bonchev–Trinajstić information content (AvgIpc) is 2.44. The number of halogens is 3. The van der Waals surface area contributed by atoms with Gasteiger partial charge in [-0.25, -0.2) is 14.4 Å². The van der Waals surface area contributed by atoms with E-state index in [1.54, 1.807) is 13.1 Å². The summed E-state index contributed by atoms with van der Waals surface area (Å²) in [5.74, 6) is 1.34. The maximum Gasteiger partial charge on any atom is 0.160 e. The van der Waals surface area contributed by atoms with Crippen LogP contribution in [0.15, 0.2) is 18.2 Å². The maximum atomic E-state index is 13.4. The largest absolute Gasteiger partial charge is 0.373 e. The van der Waals surface area contributed by atoms with Crippen LogP contribution in [0.4, 0.5) is 21.7 Å². The van der Waals surface area contributed by atoms with Gasteiger partial charge in [-0.2, -0.15) is 0 Å². The summed E-state index contributed by atoms with van der Waals surface area (Å²) in [5, 5.41) is 5.91. The summed E-state index contributed by atoms with van der Waals surface area (Å²) in [6.07, 6.45) is 0.704. The molecular weight excluding hydrogens is 302 g/mol. The molecule has 0 unspecified atom stereocenters. The van der Waals surface area contributed by atoms with Gasteiger partial charge in [0.2, 0.25) is 0 Å². The fraction of sp³-hybridized carbons (Fsp3) is 0.231. The zero-order chi connectivity index (χ0) is 14.7. The molecule has 0 aliphatic rings. The van der Waals surface area contributed by atoms with Gasteiger partial charge in [-0.3, -0.25) is 0 Å². The fourth-order valence-electron chi connectivity index (χ4n) is 1.62. The maximum absolute atomic E-state index is 13.4. The monoisotopic (exact) mass is 314 g/mol. The van der Waals surface area contributed by atoms with E-state index in [1.807, 2.05) is 6.92 Å². The summed E-state index contributed by atoms with van der Waals surface area (Å²) in [7, 11) is 1.77. The van der Waals surface area contributed by atoms with Crippen LogP contribution in [0.25, 0.3) is 0 Å². The lowest BCUT2D eigenvalue weighted by atomic mass is 10.3. The SMILES string of the molecule is CCc1nc(NC)cc(Nc2cc(Cl)c(F)c(Cl)c2)n1. The van der Waals surface area contributed by atoms with Gasteiger partial charge in [0.05, 0.1) is 10.0 Å². The van der Waals surface area contributed by atoms with E-state index >= 15 is 0 Å². The molecule has 20 heavy (non-hydrogen) atoms. The average molecular weight is 315 g/mol. The van der Waals surface area contributed by atoms with Crippen LogP contribution in [-0.2, 0) is 6.42 Å². The van der Waals surface area contributed by atoms with Crippen LogP contribution >= 0.6 is 23.2 Å². The zero-order valence-corrected chi connectivity index (χ0v) is 12.5. The molecule has 2 N–H and O–H groups in total. The Morgan fingerprint density at radius 2 is 1.70 bits per heavy atom. The number of hydrogen-bond donors (Lipinski definition) is 2. The molecule has 7 heteroatoms. The zero-order valence-electron chi connectivity index (χ0n) is 11.0. The summed E-state index contributed by atoms with van der Waals surface area (Å²) in [6.45, 7) is 1.96. The van der Waals surface area contributed by atoms with Crippen molar-refractivity contribution in [3.63, 3.8) is 0 Å². The minimum atomic E-state index is -0.633. The predicted octanol–water partition coefficient (Wildman–Crippen LogP) is 4.27. The molecule has 0 spiro atoms. The predicted molar refractivity (Wildman–Crippen MR) is 80.7 cm³/mol. The molecule has 2 aromatic rings. The third kappa shape index (κ3) is 3.29. The minimum absolute atomic E-state index is 0.0430. The minimum Gasteiger partial charge on any atom is -0.373 e. The third-order valence-corrected chi connectivity index (χ3v) is 3.15. The first-order valence-corrected chi connectivity index (χ1v) is 6.76. The lowest BCUT2D eigenvalue weighted by Gasteiger charge is -2.10. The van der Waals surface area contributed by atoms with Gasteiger partial charge >= 0.3 is 0 Å². The summed E-state index contributed by atoms with van der Waals surface area (Å²) >= 11 is 11.5. The molecule has 0 fully saturated rings. The molecule has 0 aliphatic carbocycles. The highest BCUT2D eigenvalue weighted by Crippen LogP contribution is 2.29. The van der Waals surface area contributed by atoms with E-state index in [-0.39, 0.29) is 10.0 Å². The Morgan fingerprint density at radius 1 is 1.10 bits per heavy atom. The van der Waals surface area contributed by atoms with Gasteiger partial charge in [-0.15, -0.1) is 0 Å². The third-order valence-electron chi connectivity index (χ3n) is 2.60. The fourth-order valence-corrected chi connectivity index (χ4v) is 2.11. The molecule has 1 aromatic heterocycles. The van der Waals surface area contributed by atoms with Crippen molar-refractivity contribution in [2.24, 2.45) is 0 Å². The Hall–Kier alpha value is -1.59. The number of aryl methyl sites for hydroxylation is 1. The second-order valence-electron chi connectivity index (χ2n) is 4.04. The van der Waals surface area contributed by atoms with E-state index in [1.165, 1.54) is 12.1 Å². The van der Waals surface area contributed by atoms with Gasteiger partial charge in [0.25, 0.3) is 0 Å². The highest BCUT2D eigenvalue weighted by molar-refractivity contribution is 6.35. The van der Waals surface area contributed by atoms with Crippen LogP contribution in [0.2, 0.25) is 10.0 Å². The Bertz CT molecular complexity index is 589. The topological polar surface area (TPSA) is 49.8 Å². The lowest BCUT2D eigenvalue weighted by molar-refractivity contribution is 0.629.